The fourth-order valence-electron chi connectivity index (χ4n) is 1.69. The van der Waals surface area contributed by atoms with Gasteiger partial charge in [-0.3, -0.25) is 9.59 Å². The third-order valence-electron chi connectivity index (χ3n) is 2.75. The first-order chi connectivity index (χ1) is 10.3. The van der Waals surface area contributed by atoms with Gasteiger partial charge in [0.05, 0.1) is 0 Å². The number of carbonyl (C=O) groups excluding carboxylic acids is 2. The smallest absolute Gasteiger partial charge is 0.267 e. The van der Waals surface area contributed by atoms with Gasteiger partial charge in [-0.1, -0.05) is 31.9 Å². The van der Waals surface area contributed by atoms with Crippen LogP contribution < -0.4 is 5.84 Å². The summed E-state index contributed by atoms with van der Waals surface area (Å²) in [5, 5.41) is 0.179. The Bertz CT molecular complexity index is 728. The molecule has 0 aliphatic carbocycles. The third-order valence-corrected chi connectivity index (χ3v) is 3.74. The van der Waals surface area contributed by atoms with Crippen molar-refractivity contribution in [1.29, 1.82) is 0 Å². The van der Waals surface area contributed by atoms with Gasteiger partial charge in [-0.2, -0.15) is 0 Å². The number of amides is 2. The SMILES string of the molecule is NN(C(=O)c1ccc(Br)cc1)C(=O)c1c(F)cc(Br)cc1F. The molecule has 0 saturated heterocycles. The van der Waals surface area contributed by atoms with Crippen LogP contribution in [-0.2, 0) is 0 Å². The summed E-state index contributed by atoms with van der Waals surface area (Å²) < 4.78 is 28.4. The highest BCUT2D eigenvalue weighted by atomic mass is 79.9. The molecule has 0 unspecified atom stereocenters. The van der Waals surface area contributed by atoms with Gasteiger partial charge in [-0.25, -0.2) is 19.6 Å². The second-order valence-electron chi connectivity index (χ2n) is 4.23. The topological polar surface area (TPSA) is 63.4 Å². The second kappa shape index (κ2) is 6.64. The number of hydrogen-bond acceptors (Lipinski definition) is 3. The molecule has 2 N–H and O–H groups in total. The summed E-state index contributed by atoms with van der Waals surface area (Å²) in [6.45, 7) is 0. The van der Waals surface area contributed by atoms with Crippen molar-refractivity contribution in [1.82, 2.24) is 5.01 Å². The molecule has 0 heterocycles. The minimum atomic E-state index is -1.27. The molecule has 2 rings (SSSR count). The number of rotatable bonds is 2. The van der Waals surface area contributed by atoms with Gasteiger partial charge in [0, 0.05) is 14.5 Å². The Morgan fingerprint density at radius 2 is 1.41 bits per heavy atom. The summed E-state index contributed by atoms with van der Waals surface area (Å²) in [5.74, 6) is 1.04. The molecule has 0 aliphatic heterocycles. The zero-order chi connectivity index (χ0) is 16.4. The van der Waals surface area contributed by atoms with Crippen LogP contribution >= 0.6 is 31.9 Å². The Kier molecular flexibility index (Phi) is 5.05. The normalized spacial score (nSPS) is 10.4. The van der Waals surface area contributed by atoms with E-state index in [9.17, 15) is 18.4 Å². The molecule has 22 heavy (non-hydrogen) atoms. The Morgan fingerprint density at radius 1 is 0.909 bits per heavy atom. The molecule has 0 radical (unpaired) electrons. The number of benzene rings is 2. The number of nitrogens with zero attached hydrogens (tertiary/aromatic N) is 1. The van der Waals surface area contributed by atoms with Gasteiger partial charge in [-0.15, -0.1) is 0 Å². The van der Waals surface area contributed by atoms with Crippen LogP contribution in [0.3, 0.4) is 0 Å². The quantitative estimate of drug-likeness (QED) is 0.340. The van der Waals surface area contributed by atoms with E-state index in [2.05, 4.69) is 31.9 Å². The Labute approximate surface area is 141 Å². The predicted molar refractivity (Wildman–Crippen MR) is 82.9 cm³/mol. The number of carbonyl (C=O) groups is 2. The molecular formula is C14H8Br2F2N2O2. The lowest BCUT2D eigenvalue weighted by Gasteiger charge is -2.16. The van der Waals surface area contributed by atoms with Gasteiger partial charge in [-0.05, 0) is 36.4 Å². The molecule has 2 aromatic carbocycles. The Morgan fingerprint density at radius 3 is 1.91 bits per heavy atom. The average molecular weight is 434 g/mol. The fraction of sp³-hybridized carbons (Fsp3) is 0. The molecule has 8 heteroatoms. The molecule has 0 bridgehead atoms. The van der Waals surface area contributed by atoms with Gasteiger partial charge < -0.3 is 0 Å². The lowest BCUT2D eigenvalue weighted by atomic mass is 10.1. The second-order valence-corrected chi connectivity index (χ2v) is 6.06. The van der Waals surface area contributed by atoms with E-state index < -0.39 is 29.0 Å². The first-order valence-electron chi connectivity index (χ1n) is 5.85. The molecule has 114 valence electrons. The highest BCUT2D eigenvalue weighted by Gasteiger charge is 2.27. The molecule has 0 aliphatic rings. The van der Waals surface area contributed by atoms with Crippen LogP contribution in [0.1, 0.15) is 20.7 Å². The lowest BCUT2D eigenvalue weighted by molar-refractivity contribution is 0.0610. The summed E-state index contributed by atoms with van der Waals surface area (Å²) in [5.41, 5.74) is -0.784. The van der Waals surface area contributed by atoms with Crippen molar-refractivity contribution in [3.05, 3.63) is 68.1 Å². The van der Waals surface area contributed by atoms with E-state index in [4.69, 9.17) is 5.84 Å². The molecule has 2 aromatic rings. The molecular weight excluding hydrogens is 426 g/mol. The maximum atomic E-state index is 13.8. The van der Waals surface area contributed by atoms with Gasteiger partial charge in [0.25, 0.3) is 11.8 Å². The van der Waals surface area contributed by atoms with Crippen molar-refractivity contribution in [2.24, 2.45) is 5.84 Å². The first kappa shape index (κ1) is 16.7. The minimum Gasteiger partial charge on any atom is -0.267 e. The van der Waals surface area contributed by atoms with Crippen molar-refractivity contribution in [3.63, 3.8) is 0 Å². The summed E-state index contributed by atoms with van der Waals surface area (Å²) in [6, 6.07) is 7.82. The van der Waals surface area contributed by atoms with Crippen molar-refractivity contribution in [2.45, 2.75) is 0 Å². The Balaban J connectivity index is 2.33. The average Bonchev–Trinajstić information content (AvgIpc) is 2.45. The maximum Gasteiger partial charge on any atom is 0.281 e. The molecule has 0 aromatic heterocycles. The third kappa shape index (κ3) is 3.40. The maximum absolute atomic E-state index is 13.8. The number of imide groups is 1. The van der Waals surface area contributed by atoms with E-state index >= 15 is 0 Å². The summed E-state index contributed by atoms with van der Waals surface area (Å²) in [7, 11) is 0. The highest BCUT2D eigenvalue weighted by molar-refractivity contribution is 9.10. The summed E-state index contributed by atoms with van der Waals surface area (Å²) in [6.07, 6.45) is 0. The van der Waals surface area contributed by atoms with Crippen molar-refractivity contribution in [2.75, 3.05) is 0 Å². The standard InChI is InChI=1S/C14H8Br2F2N2O2/c15-8-3-1-7(2-4-8)13(21)20(19)14(22)12-10(17)5-9(16)6-11(12)18/h1-6H,19H2. The van der Waals surface area contributed by atoms with Crippen LogP contribution in [0.15, 0.2) is 45.3 Å². The number of halogens is 4. The molecule has 0 atom stereocenters. The van der Waals surface area contributed by atoms with Gasteiger partial charge >= 0.3 is 0 Å². The molecule has 0 fully saturated rings. The summed E-state index contributed by atoms with van der Waals surface area (Å²) >= 11 is 6.09. The molecule has 2 amide bonds. The van der Waals surface area contributed by atoms with Crippen LogP contribution in [0.2, 0.25) is 0 Å². The lowest BCUT2D eigenvalue weighted by Crippen LogP contribution is -2.43. The first-order valence-corrected chi connectivity index (χ1v) is 7.43. The van der Waals surface area contributed by atoms with E-state index in [0.717, 1.165) is 16.6 Å². The summed E-state index contributed by atoms with van der Waals surface area (Å²) in [4.78, 5) is 24.1. The predicted octanol–water partition coefficient (Wildman–Crippen LogP) is 3.65. The molecule has 4 nitrogen and oxygen atoms in total. The largest absolute Gasteiger partial charge is 0.281 e. The van der Waals surface area contributed by atoms with Gasteiger partial charge in [0.15, 0.2) is 0 Å². The minimum absolute atomic E-state index is 0.108. The van der Waals surface area contributed by atoms with E-state index in [1.807, 2.05) is 0 Å². The van der Waals surface area contributed by atoms with E-state index in [-0.39, 0.29) is 15.0 Å². The van der Waals surface area contributed by atoms with Crippen molar-refractivity contribution in [3.8, 4) is 0 Å². The van der Waals surface area contributed by atoms with E-state index in [1.165, 1.54) is 12.1 Å². The van der Waals surface area contributed by atoms with Crippen LogP contribution in [-0.4, -0.2) is 16.8 Å². The zero-order valence-electron chi connectivity index (χ0n) is 10.8. The fourth-order valence-corrected chi connectivity index (χ4v) is 2.36. The number of nitrogens with two attached hydrogens (primary N) is 1. The van der Waals surface area contributed by atoms with Crippen molar-refractivity contribution >= 4 is 43.7 Å². The Hall–Kier alpha value is -1.64. The highest BCUT2D eigenvalue weighted by Crippen LogP contribution is 2.21. The van der Waals surface area contributed by atoms with E-state index in [0.29, 0.717) is 0 Å². The van der Waals surface area contributed by atoms with Gasteiger partial charge in [0.2, 0.25) is 0 Å². The van der Waals surface area contributed by atoms with Crippen LogP contribution in [0.4, 0.5) is 8.78 Å². The van der Waals surface area contributed by atoms with Crippen LogP contribution in [0.5, 0.6) is 0 Å². The van der Waals surface area contributed by atoms with Crippen molar-refractivity contribution < 1.29 is 18.4 Å². The van der Waals surface area contributed by atoms with E-state index in [1.54, 1.807) is 12.1 Å². The monoisotopic (exact) mass is 432 g/mol. The van der Waals surface area contributed by atoms with Gasteiger partial charge in [0.1, 0.15) is 17.2 Å². The molecule has 0 saturated carbocycles. The zero-order valence-corrected chi connectivity index (χ0v) is 14.0. The van der Waals surface area contributed by atoms with Crippen LogP contribution in [0.25, 0.3) is 0 Å². The number of hydrazine groups is 1. The molecule has 0 spiro atoms. The number of hydrogen-bond donors (Lipinski definition) is 1. The van der Waals surface area contributed by atoms with Crippen LogP contribution in [0, 0.1) is 11.6 Å².